The molecule has 0 amide bonds. The van der Waals surface area contributed by atoms with Crippen LogP contribution in [0.2, 0.25) is 0 Å². The van der Waals surface area contributed by atoms with Crippen molar-refractivity contribution in [3.8, 4) is 0 Å². The van der Waals surface area contributed by atoms with Crippen LogP contribution in [-0.4, -0.2) is 4.57 Å². The Bertz CT molecular complexity index is 575. The molecule has 0 spiro atoms. The second-order valence-corrected chi connectivity index (χ2v) is 3.25. The number of halogens is 2. The highest BCUT2D eigenvalue weighted by molar-refractivity contribution is 5.79. The summed E-state index contributed by atoms with van der Waals surface area (Å²) in [5, 5.41) is 0.0804. The standard InChI is InChI=1S/C11H9F2NO/c1-2-14-4-3-10(15)8-5-7(12)6-9(13)11(8)14/h3-6H,2H2,1H3. The summed E-state index contributed by atoms with van der Waals surface area (Å²) in [6.45, 7) is 2.35. The van der Waals surface area contributed by atoms with E-state index in [0.717, 1.165) is 12.1 Å². The first kappa shape index (κ1) is 9.83. The lowest BCUT2D eigenvalue weighted by Gasteiger charge is -2.08. The Kier molecular flexibility index (Phi) is 2.26. The van der Waals surface area contributed by atoms with Crippen molar-refractivity contribution in [1.29, 1.82) is 0 Å². The number of aryl methyl sites for hydroxylation is 1. The molecule has 78 valence electrons. The van der Waals surface area contributed by atoms with Gasteiger partial charge in [-0.3, -0.25) is 4.79 Å². The zero-order valence-electron chi connectivity index (χ0n) is 8.13. The number of hydrogen-bond donors (Lipinski definition) is 0. The van der Waals surface area contributed by atoms with E-state index in [1.54, 1.807) is 4.57 Å². The van der Waals surface area contributed by atoms with Gasteiger partial charge in [-0.1, -0.05) is 0 Å². The molecule has 0 aliphatic carbocycles. The monoisotopic (exact) mass is 209 g/mol. The normalized spacial score (nSPS) is 10.9. The van der Waals surface area contributed by atoms with Gasteiger partial charge in [0.15, 0.2) is 11.2 Å². The molecule has 1 aromatic heterocycles. The summed E-state index contributed by atoms with van der Waals surface area (Å²) >= 11 is 0. The minimum absolute atomic E-state index is 0.0804. The van der Waals surface area contributed by atoms with Crippen LogP contribution in [0.25, 0.3) is 10.9 Å². The number of fused-ring (bicyclic) bond motifs is 1. The molecule has 2 aromatic rings. The highest BCUT2D eigenvalue weighted by Crippen LogP contribution is 2.16. The maximum Gasteiger partial charge on any atom is 0.189 e. The summed E-state index contributed by atoms with van der Waals surface area (Å²) in [5.41, 5.74) is -0.209. The summed E-state index contributed by atoms with van der Waals surface area (Å²) < 4.78 is 28.0. The van der Waals surface area contributed by atoms with Crippen LogP contribution in [0, 0.1) is 11.6 Å². The van der Waals surface area contributed by atoms with Gasteiger partial charge in [0.05, 0.1) is 10.9 Å². The molecular weight excluding hydrogens is 200 g/mol. The first-order chi connectivity index (χ1) is 7.13. The van der Waals surface area contributed by atoms with E-state index in [-0.39, 0.29) is 16.3 Å². The van der Waals surface area contributed by atoms with Gasteiger partial charge in [-0.05, 0) is 13.0 Å². The topological polar surface area (TPSA) is 22.0 Å². The summed E-state index contributed by atoms with van der Waals surface area (Å²) in [6.07, 6.45) is 1.51. The molecule has 0 saturated carbocycles. The van der Waals surface area contributed by atoms with E-state index in [2.05, 4.69) is 0 Å². The first-order valence-electron chi connectivity index (χ1n) is 4.61. The van der Waals surface area contributed by atoms with Crippen molar-refractivity contribution in [3.05, 3.63) is 46.3 Å². The lowest BCUT2D eigenvalue weighted by Crippen LogP contribution is -2.09. The Morgan fingerprint density at radius 3 is 2.73 bits per heavy atom. The Labute approximate surface area is 84.8 Å². The lowest BCUT2D eigenvalue weighted by atomic mass is 10.2. The van der Waals surface area contributed by atoms with Crippen LogP contribution in [0.3, 0.4) is 0 Å². The summed E-state index contributed by atoms with van der Waals surface area (Å²) in [5.74, 6) is -1.43. The van der Waals surface area contributed by atoms with E-state index in [0.29, 0.717) is 6.54 Å². The average Bonchev–Trinajstić information content (AvgIpc) is 2.19. The molecule has 0 N–H and O–H groups in total. The largest absolute Gasteiger partial charge is 0.345 e. The smallest absolute Gasteiger partial charge is 0.189 e. The van der Waals surface area contributed by atoms with Gasteiger partial charge in [0.2, 0.25) is 0 Å². The molecule has 0 atom stereocenters. The van der Waals surface area contributed by atoms with E-state index >= 15 is 0 Å². The van der Waals surface area contributed by atoms with Crippen LogP contribution in [0.5, 0.6) is 0 Å². The quantitative estimate of drug-likeness (QED) is 0.706. The van der Waals surface area contributed by atoms with Crippen LogP contribution in [0.4, 0.5) is 8.78 Å². The number of pyridine rings is 1. The lowest BCUT2D eigenvalue weighted by molar-refractivity contribution is 0.584. The zero-order chi connectivity index (χ0) is 11.0. The molecule has 0 radical (unpaired) electrons. The SMILES string of the molecule is CCn1ccc(=O)c2cc(F)cc(F)c21. The minimum atomic E-state index is -0.731. The maximum absolute atomic E-state index is 13.5. The fourth-order valence-electron chi connectivity index (χ4n) is 1.63. The van der Waals surface area contributed by atoms with E-state index in [9.17, 15) is 13.6 Å². The van der Waals surface area contributed by atoms with Gasteiger partial charge in [0.1, 0.15) is 5.82 Å². The van der Waals surface area contributed by atoms with E-state index < -0.39 is 11.6 Å². The van der Waals surface area contributed by atoms with Crippen molar-refractivity contribution in [2.75, 3.05) is 0 Å². The van der Waals surface area contributed by atoms with Crippen molar-refractivity contribution in [1.82, 2.24) is 4.57 Å². The predicted octanol–water partition coefficient (Wildman–Crippen LogP) is 2.30. The van der Waals surface area contributed by atoms with Gasteiger partial charge < -0.3 is 4.57 Å². The highest BCUT2D eigenvalue weighted by atomic mass is 19.1. The van der Waals surface area contributed by atoms with Crippen molar-refractivity contribution < 1.29 is 8.78 Å². The van der Waals surface area contributed by atoms with Crippen molar-refractivity contribution in [3.63, 3.8) is 0 Å². The number of nitrogens with zero attached hydrogens (tertiary/aromatic N) is 1. The predicted molar refractivity (Wildman–Crippen MR) is 53.8 cm³/mol. The third-order valence-electron chi connectivity index (χ3n) is 2.33. The molecule has 2 rings (SSSR count). The second kappa shape index (κ2) is 3.46. The summed E-state index contributed by atoms with van der Waals surface area (Å²) in [7, 11) is 0. The van der Waals surface area contributed by atoms with Crippen molar-refractivity contribution >= 4 is 10.9 Å². The molecular formula is C11H9F2NO. The molecule has 0 aliphatic rings. The van der Waals surface area contributed by atoms with Crippen molar-refractivity contribution in [2.45, 2.75) is 13.5 Å². The van der Waals surface area contributed by atoms with Gasteiger partial charge in [-0.2, -0.15) is 0 Å². The molecule has 4 heteroatoms. The van der Waals surface area contributed by atoms with Gasteiger partial charge >= 0.3 is 0 Å². The fraction of sp³-hybridized carbons (Fsp3) is 0.182. The zero-order valence-corrected chi connectivity index (χ0v) is 8.13. The van der Waals surface area contributed by atoms with Crippen LogP contribution in [0.1, 0.15) is 6.92 Å². The fourth-order valence-corrected chi connectivity index (χ4v) is 1.63. The molecule has 0 fully saturated rings. The molecule has 15 heavy (non-hydrogen) atoms. The molecule has 0 aliphatic heterocycles. The Morgan fingerprint density at radius 2 is 2.07 bits per heavy atom. The molecule has 2 nitrogen and oxygen atoms in total. The van der Waals surface area contributed by atoms with E-state index in [1.807, 2.05) is 6.92 Å². The number of aromatic nitrogens is 1. The van der Waals surface area contributed by atoms with Crippen LogP contribution in [-0.2, 0) is 6.54 Å². The molecule has 0 saturated heterocycles. The van der Waals surface area contributed by atoms with E-state index in [1.165, 1.54) is 12.3 Å². The third kappa shape index (κ3) is 1.52. The van der Waals surface area contributed by atoms with Crippen LogP contribution in [0.15, 0.2) is 29.2 Å². The van der Waals surface area contributed by atoms with Gasteiger partial charge in [0, 0.05) is 24.9 Å². The highest BCUT2D eigenvalue weighted by Gasteiger charge is 2.09. The molecule has 0 bridgehead atoms. The Balaban J connectivity index is 3.00. The Morgan fingerprint density at radius 1 is 1.33 bits per heavy atom. The summed E-state index contributed by atoms with van der Waals surface area (Å²) in [6, 6.07) is 3.16. The first-order valence-corrected chi connectivity index (χ1v) is 4.61. The minimum Gasteiger partial charge on any atom is -0.345 e. The molecule has 1 heterocycles. The average molecular weight is 209 g/mol. The van der Waals surface area contributed by atoms with Gasteiger partial charge in [-0.25, -0.2) is 8.78 Å². The van der Waals surface area contributed by atoms with Crippen LogP contribution < -0.4 is 5.43 Å². The van der Waals surface area contributed by atoms with Crippen LogP contribution >= 0.6 is 0 Å². The Hall–Kier alpha value is -1.71. The third-order valence-corrected chi connectivity index (χ3v) is 2.33. The number of rotatable bonds is 1. The van der Waals surface area contributed by atoms with Gasteiger partial charge in [0.25, 0.3) is 0 Å². The number of hydrogen-bond acceptors (Lipinski definition) is 1. The van der Waals surface area contributed by atoms with Crippen molar-refractivity contribution in [2.24, 2.45) is 0 Å². The number of benzene rings is 1. The van der Waals surface area contributed by atoms with E-state index in [4.69, 9.17) is 0 Å². The molecule has 1 aromatic carbocycles. The second-order valence-electron chi connectivity index (χ2n) is 3.25. The summed E-state index contributed by atoms with van der Waals surface area (Å²) in [4.78, 5) is 11.4. The van der Waals surface area contributed by atoms with Gasteiger partial charge in [-0.15, -0.1) is 0 Å². The maximum atomic E-state index is 13.5. The molecule has 0 unspecified atom stereocenters.